The number of hydrogen-bond donors (Lipinski definition) is 1. The summed E-state index contributed by atoms with van der Waals surface area (Å²) in [5.41, 5.74) is 7.77. The van der Waals surface area contributed by atoms with Crippen LogP contribution in [0.1, 0.15) is 5.56 Å². The number of aromatic nitrogens is 9. The first-order valence-corrected chi connectivity index (χ1v) is 8.70. The van der Waals surface area contributed by atoms with Crippen molar-refractivity contribution in [2.45, 2.75) is 6.54 Å². The Balaban J connectivity index is 1.62. The molecule has 0 radical (unpaired) electrons. The minimum Gasteiger partial charge on any atom is -0.368 e. The zero-order chi connectivity index (χ0) is 19.1. The lowest BCUT2D eigenvalue weighted by atomic mass is 10.2. The number of imidazole rings is 1. The van der Waals surface area contributed by atoms with Gasteiger partial charge in [-0.1, -0.05) is 11.6 Å². The smallest absolute Gasteiger partial charge is 0.223 e. The summed E-state index contributed by atoms with van der Waals surface area (Å²) in [6, 6.07) is 7.57. The first-order valence-electron chi connectivity index (χ1n) is 8.32. The Morgan fingerprint density at radius 3 is 2.21 bits per heavy atom. The summed E-state index contributed by atoms with van der Waals surface area (Å²) in [5.74, 6) is 1.44. The molecule has 0 aliphatic carbocycles. The van der Waals surface area contributed by atoms with Gasteiger partial charge in [-0.3, -0.25) is 0 Å². The van der Waals surface area contributed by atoms with Gasteiger partial charge in [-0.2, -0.15) is 20.2 Å². The van der Waals surface area contributed by atoms with Gasteiger partial charge >= 0.3 is 0 Å². The van der Waals surface area contributed by atoms with Crippen molar-refractivity contribution in [3.05, 3.63) is 66.1 Å². The molecule has 0 saturated carbocycles. The molecule has 2 N–H and O–H groups in total. The summed E-state index contributed by atoms with van der Waals surface area (Å²) in [6.45, 7) is 0.480. The molecule has 5 rings (SSSR count). The number of anilines is 1. The van der Waals surface area contributed by atoms with E-state index >= 15 is 0 Å². The van der Waals surface area contributed by atoms with E-state index in [1.165, 1.54) is 0 Å². The Morgan fingerprint density at radius 1 is 0.929 bits per heavy atom. The average molecular weight is 393 g/mol. The predicted molar refractivity (Wildman–Crippen MR) is 102 cm³/mol. The van der Waals surface area contributed by atoms with Crippen molar-refractivity contribution in [1.82, 2.24) is 44.1 Å². The maximum absolute atomic E-state index is 6.12. The fraction of sp³-hybridized carbons (Fsp3) is 0.0588. The average Bonchev–Trinajstić information content (AvgIpc) is 3.44. The summed E-state index contributed by atoms with van der Waals surface area (Å²) in [7, 11) is 0. The van der Waals surface area contributed by atoms with Crippen LogP contribution in [0.3, 0.4) is 0 Å². The highest BCUT2D eigenvalue weighted by molar-refractivity contribution is 6.33. The predicted octanol–water partition coefficient (Wildman–Crippen LogP) is 1.88. The lowest BCUT2D eigenvalue weighted by Gasteiger charge is -2.10. The number of fused-ring (bicyclic) bond motifs is 1. The molecule has 138 valence electrons. The van der Waals surface area contributed by atoms with Crippen LogP contribution in [0.2, 0.25) is 5.15 Å². The van der Waals surface area contributed by atoms with Crippen LogP contribution in [0, 0.1) is 0 Å². The summed E-state index contributed by atoms with van der Waals surface area (Å²) in [5, 5.41) is 8.77. The Labute approximate surface area is 163 Å². The topological polar surface area (TPSA) is 118 Å². The molecule has 0 fully saturated rings. The van der Waals surface area contributed by atoms with Crippen LogP contribution < -0.4 is 5.73 Å². The van der Waals surface area contributed by atoms with Crippen molar-refractivity contribution < 1.29 is 0 Å². The fourth-order valence-electron chi connectivity index (χ4n) is 2.93. The lowest BCUT2D eigenvalue weighted by Crippen LogP contribution is -2.08. The van der Waals surface area contributed by atoms with E-state index < -0.39 is 0 Å². The maximum Gasteiger partial charge on any atom is 0.223 e. The molecule has 5 heterocycles. The van der Waals surface area contributed by atoms with E-state index in [4.69, 9.17) is 17.3 Å². The molecule has 0 spiro atoms. The van der Waals surface area contributed by atoms with Crippen LogP contribution in [-0.2, 0) is 6.54 Å². The second-order valence-electron chi connectivity index (χ2n) is 6.01. The van der Waals surface area contributed by atoms with E-state index in [9.17, 15) is 0 Å². The molecule has 0 aliphatic heterocycles. The number of nitrogens with two attached hydrogens (primary N) is 1. The van der Waals surface area contributed by atoms with Gasteiger partial charge in [0.2, 0.25) is 5.95 Å². The number of rotatable bonds is 4. The molecule has 0 aliphatic rings. The van der Waals surface area contributed by atoms with Crippen LogP contribution in [0.4, 0.5) is 5.95 Å². The van der Waals surface area contributed by atoms with Gasteiger partial charge in [0.15, 0.2) is 22.4 Å². The number of pyridine rings is 1. The van der Waals surface area contributed by atoms with Crippen molar-refractivity contribution >= 4 is 28.7 Å². The van der Waals surface area contributed by atoms with Crippen LogP contribution in [0.25, 0.3) is 22.8 Å². The van der Waals surface area contributed by atoms with Gasteiger partial charge in [-0.15, -0.1) is 0 Å². The van der Waals surface area contributed by atoms with Crippen molar-refractivity contribution in [2.24, 2.45) is 0 Å². The number of halogens is 1. The number of hydrogen-bond acceptors (Lipinski definition) is 7. The molecule has 0 atom stereocenters. The highest BCUT2D eigenvalue weighted by atomic mass is 35.5. The minimum absolute atomic E-state index is 0.100. The lowest BCUT2D eigenvalue weighted by molar-refractivity contribution is 0.775. The van der Waals surface area contributed by atoms with Crippen molar-refractivity contribution in [3.63, 3.8) is 0 Å². The van der Waals surface area contributed by atoms with Crippen molar-refractivity contribution in [3.8, 4) is 11.6 Å². The maximum atomic E-state index is 6.12. The van der Waals surface area contributed by atoms with Crippen LogP contribution in [0.15, 0.2) is 55.4 Å². The van der Waals surface area contributed by atoms with E-state index in [1.807, 2.05) is 41.2 Å². The molecule has 0 bridgehead atoms. The van der Waals surface area contributed by atoms with Gasteiger partial charge in [0.25, 0.3) is 0 Å². The normalized spacial score (nSPS) is 11.3. The van der Waals surface area contributed by atoms with E-state index in [2.05, 4.69) is 30.1 Å². The van der Waals surface area contributed by atoms with Crippen LogP contribution in [0.5, 0.6) is 0 Å². The van der Waals surface area contributed by atoms with Crippen LogP contribution >= 0.6 is 11.6 Å². The van der Waals surface area contributed by atoms with E-state index in [-0.39, 0.29) is 11.1 Å². The molecule has 0 aromatic carbocycles. The summed E-state index contributed by atoms with van der Waals surface area (Å²) in [6.07, 6.45) is 8.73. The minimum atomic E-state index is 0.100. The highest BCUT2D eigenvalue weighted by Crippen LogP contribution is 2.21. The Kier molecular flexibility index (Phi) is 3.76. The standard InChI is InChI=1S/C17H13ClN10/c18-15-14-16(25-17(19)24-15)26(10-20-14)9-11-7-12(27-5-1-3-21-27)23-13(8-11)28-6-2-4-22-28/h1-8,10H,9H2,(H2,19,24,25). The molecule has 28 heavy (non-hydrogen) atoms. The first-order chi connectivity index (χ1) is 13.7. The monoisotopic (exact) mass is 392 g/mol. The largest absolute Gasteiger partial charge is 0.368 e. The zero-order valence-electron chi connectivity index (χ0n) is 14.4. The second-order valence-corrected chi connectivity index (χ2v) is 6.37. The van der Waals surface area contributed by atoms with E-state index in [1.54, 1.807) is 28.1 Å². The Morgan fingerprint density at radius 2 is 1.61 bits per heavy atom. The molecule has 0 unspecified atom stereocenters. The van der Waals surface area contributed by atoms with Crippen LogP contribution in [-0.4, -0.2) is 44.1 Å². The van der Waals surface area contributed by atoms with E-state index in [0.29, 0.717) is 29.3 Å². The number of nitrogen functional groups attached to an aromatic ring is 1. The molecule has 5 aromatic rings. The first kappa shape index (κ1) is 16.4. The third-order valence-electron chi connectivity index (χ3n) is 4.13. The van der Waals surface area contributed by atoms with Gasteiger partial charge < -0.3 is 10.3 Å². The van der Waals surface area contributed by atoms with E-state index in [0.717, 1.165) is 5.56 Å². The number of nitrogens with zero attached hydrogens (tertiary/aromatic N) is 9. The molecular formula is C17H13ClN10. The van der Waals surface area contributed by atoms with Crippen molar-refractivity contribution in [1.29, 1.82) is 0 Å². The molecular weight excluding hydrogens is 380 g/mol. The third-order valence-corrected chi connectivity index (χ3v) is 4.39. The SMILES string of the molecule is Nc1nc(Cl)c2ncn(Cc3cc(-n4cccn4)nc(-n4cccn4)c3)c2n1. The molecule has 0 amide bonds. The van der Waals surface area contributed by atoms with Gasteiger partial charge in [0, 0.05) is 24.8 Å². The molecule has 11 heteroatoms. The molecule has 5 aromatic heterocycles. The van der Waals surface area contributed by atoms with Gasteiger partial charge in [-0.05, 0) is 29.8 Å². The summed E-state index contributed by atoms with van der Waals surface area (Å²) < 4.78 is 5.24. The summed E-state index contributed by atoms with van der Waals surface area (Å²) in [4.78, 5) is 17.2. The molecule has 10 nitrogen and oxygen atoms in total. The van der Waals surface area contributed by atoms with Gasteiger partial charge in [0.1, 0.15) is 5.52 Å². The zero-order valence-corrected chi connectivity index (χ0v) is 15.1. The third kappa shape index (κ3) is 2.85. The van der Waals surface area contributed by atoms with Gasteiger partial charge in [0.05, 0.1) is 12.9 Å². The quantitative estimate of drug-likeness (QED) is 0.464. The van der Waals surface area contributed by atoms with Gasteiger partial charge in [-0.25, -0.2) is 19.3 Å². The fourth-order valence-corrected chi connectivity index (χ4v) is 3.15. The van der Waals surface area contributed by atoms with Crippen molar-refractivity contribution in [2.75, 3.05) is 5.73 Å². The molecule has 0 saturated heterocycles. The summed E-state index contributed by atoms with van der Waals surface area (Å²) >= 11 is 6.12. The second kappa shape index (κ2) is 6.43. The Hall–Kier alpha value is -3.79. The Bertz CT molecular complexity index is 1200. The highest BCUT2D eigenvalue weighted by Gasteiger charge is 2.13.